The van der Waals surface area contributed by atoms with Crippen molar-refractivity contribution in [2.75, 3.05) is 26.7 Å². The molecule has 1 saturated heterocycles. The molecule has 0 saturated carbocycles. The lowest BCUT2D eigenvalue weighted by atomic mass is 10.2. The number of carbonyl (C=O) groups excluding carboxylic acids is 1. The largest absolute Gasteiger partial charge is 0.375 e. The fourth-order valence-electron chi connectivity index (χ4n) is 1.49. The molecule has 2 rings (SSSR count). The molecule has 2 heterocycles. The molecule has 1 aliphatic rings. The van der Waals surface area contributed by atoms with E-state index in [1.54, 1.807) is 0 Å². The lowest BCUT2D eigenvalue weighted by Gasteiger charge is -2.21. The summed E-state index contributed by atoms with van der Waals surface area (Å²) in [5, 5.41) is 9.21. The number of amides is 1. The van der Waals surface area contributed by atoms with Crippen LogP contribution in [0.5, 0.6) is 0 Å². The van der Waals surface area contributed by atoms with Crippen LogP contribution < -0.4 is 10.6 Å². The van der Waals surface area contributed by atoms with E-state index in [0.717, 1.165) is 13.1 Å². The molecule has 2 N–H and O–H groups in total. The zero-order valence-electron chi connectivity index (χ0n) is 9.02. The van der Waals surface area contributed by atoms with Crippen molar-refractivity contribution in [1.82, 2.24) is 20.8 Å². The molecular weight excluding hydrogens is 212 g/mol. The van der Waals surface area contributed by atoms with Gasteiger partial charge in [-0.3, -0.25) is 4.79 Å². The number of nitrogens with one attached hydrogen (secondary N) is 2. The standard InChI is InChI=1S/C9H14N4O3/c1-10-9(14)8-12-7(16-13-8)4-6-5-11-2-3-15-6/h6,11H,2-5H2,1H3,(H,10,14). The average molecular weight is 226 g/mol. The first kappa shape index (κ1) is 11.0. The topological polar surface area (TPSA) is 89.3 Å². The number of aromatic nitrogens is 2. The predicted molar refractivity (Wildman–Crippen MR) is 54.0 cm³/mol. The Kier molecular flexibility index (Phi) is 3.47. The molecule has 1 amide bonds. The van der Waals surface area contributed by atoms with Crippen LogP contribution in [0.25, 0.3) is 0 Å². The van der Waals surface area contributed by atoms with Gasteiger partial charge in [0.2, 0.25) is 5.89 Å². The van der Waals surface area contributed by atoms with E-state index in [2.05, 4.69) is 20.8 Å². The van der Waals surface area contributed by atoms with Crippen LogP contribution in [0.15, 0.2) is 4.52 Å². The van der Waals surface area contributed by atoms with Gasteiger partial charge in [0.1, 0.15) is 0 Å². The summed E-state index contributed by atoms with van der Waals surface area (Å²) in [7, 11) is 1.52. The van der Waals surface area contributed by atoms with Crippen molar-refractivity contribution >= 4 is 5.91 Å². The monoisotopic (exact) mass is 226 g/mol. The van der Waals surface area contributed by atoms with Gasteiger partial charge in [-0.05, 0) is 0 Å². The second-order valence-electron chi connectivity index (χ2n) is 3.49. The van der Waals surface area contributed by atoms with Gasteiger partial charge in [-0.1, -0.05) is 5.16 Å². The summed E-state index contributed by atoms with van der Waals surface area (Å²) in [4.78, 5) is 15.2. The Labute approximate surface area is 92.5 Å². The number of nitrogens with zero attached hydrogens (tertiary/aromatic N) is 2. The van der Waals surface area contributed by atoms with Crippen LogP contribution in [0.4, 0.5) is 0 Å². The lowest BCUT2D eigenvalue weighted by molar-refractivity contribution is 0.0246. The van der Waals surface area contributed by atoms with E-state index in [9.17, 15) is 4.79 Å². The van der Waals surface area contributed by atoms with Gasteiger partial charge >= 0.3 is 0 Å². The van der Waals surface area contributed by atoms with Crippen molar-refractivity contribution in [3.63, 3.8) is 0 Å². The molecule has 0 bridgehead atoms. The Balaban J connectivity index is 1.94. The third-order valence-electron chi connectivity index (χ3n) is 2.30. The normalized spacial score (nSPS) is 20.7. The Hall–Kier alpha value is -1.47. The van der Waals surface area contributed by atoms with E-state index >= 15 is 0 Å². The Morgan fingerprint density at radius 1 is 1.69 bits per heavy atom. The quantitative estimate of drug-likeness (QED) is 0.684. The molecule has 0 radical (unpaired) electrons. The van der Waals surface area contributed by atoms with Gasteiger partial charge in [0.25, 0.3) is 11.7 Å². The van der Waals surface area contributed by atoms with Crippen molar-refractivity contribution < 1.29 is 14.1 Å². The molecule has 0 spiro atoms. The minimum absolute atomic E-state index is 0.0340. The fraction of sp³-hybridized carbons (Fsp3) is 0.667. The van der Waals surface area contributed by atoms with Crippen LogP contribution in [0, 0.1) is 0 Å². The molecule has 1 aromatic rings. The first-order valence-electron chi connectivity index (χ1n) is 5.16. The molecule has 7 nitrogen and oxygen atoms in total. The molecule has 16 heavy (non-hydrogen) atoms. The van der Waals surface area contributed by atoms with Gasteiger partial charge in [0.15, 0.2) is 0 Å². The van der Waals surface area contributed by atoms with E-state index < -0.39 is 0 Å². The highest BCUT2D eigenvalue weighted by Crippen LogP contribution is 2.06. The summed E-state index contributed by atoms with van der Waals surface area (Å²) < 4.78 is 10.4. The van der Waals surface area contributed by atoms with Gasteiger partial charge in [0, 0.05) is 20.1 Å². The van der Waals surface area contributed by atoms with E-state index in [0.29, 0.717) is 18.9 Å². The van der Waals surface area contributed by atoms with Crippen molar-refractivity contribution in [1.29, 1.82) is 0 Å². The third-order valence-corrected chi connectivity index (χ3v) is 2.30. The maximum Gasteiger partial charge on any atom is 0.292 e. The Morgan fingerprint density at radius 2 is 2.56 bits per heavy atom. The summed E-state index contributed by atoms with van der Waals surface area (Å²) in [6.07, 6.45) is 0.559. The van der Waals surface area contributed by atoms with Gasteiger partial charge < -0.3 is 19.9 Å². The van der Waals surface area contributed by atoms with E-state index in [4.69, 9.17) is 9.26 Å². The molecule has 7 heteroatoms. The highest BCUT2D eigenvalue weighted by atomic mass is 16.5. The van der Waals surface area contributed by atoms with Crippen molar-refractivity contribution in [2.45, 2.75) is 12.5 Å². The van der Waals surface area contributed by atoms with Crippen LogP contribution in [0.3, 0.4) is 0 Å². The number of ether oxygens (including phenoxy) is 1. The summed E-state index contributed by atoms with van der Waals surface area (Å²) in [5.74, 6) is 0.131. The molecule has 88 valence electrons. The SMILES string of the molecule is CNC(=O)c1noc(CC2CNCCO2)n1. The lowest BCUT2D eigenvalue weighted by Crippen LogP contribution is -2.39. The Bertz CT molecular complexity index is 359. The zero-order valence-corrected chi connectivity index (χ0v) is 9.02. The second kappa shape index (κ2) is 5.04. The summed E-state index contributed by atoms with van der Waals surface area (Å²) >= 11 is 0. The van der Waals surface area contributed by atoms with E-state index in [-0.39, 0.29) is 17.8 Å². The molecule has 1 fully saturated rings. The minimum atomic E-state index is -0.349. The highest BCUT2D eigenvalue weighted by molar-refractivity contribution is 5.89. The molecule has 1 unspecified atom stereocenters. The summed E-state index contributed by atoms with van der Waals surface area (Å²) in [6.45, 7) is 2.31. The molecule has 1 aromatic heterocycles. The number of morpholine rings is 1. The van der Waals surface area contributed by atoms with E-state index in [1.165, 1.54) is 7.05 Å². The summed E-state index contributed by atoms with van der Waals surface area (Å²) in [5.41, 5.74) is 0. The van der Waals surface area contributed by atoms with Crippen molar-refractivity contribution in [3.8, 4) is 0 Å². The molecule has 0 aromatic carbocycles. The maximum absolute atomic E-state index is 11.2. The molecule has 1 atom stereocenters. The number of rotatable bonds is 3. The average Bonchev–Trinajstić information content (AvgIpc) is 2.78. The van der Waals surface area contributed by atoms with Gasteiger partial charge in [-0.25, -0.2) is 0 Å². The van der Waals surface area contributed by atoms with Crippen LogP contribution in [-0.2, 0) is 11.2 Å². The van der Waals surface area contributed by atoms with Crippen molar-refractivity contribution in [2.24, 2.45) is 0 Å². The first-order chi connectivity index (χ1) is 7.79. The molecule has 1 aliphatic heterocycles. The van der Waals surface area contributed by atoms with Crippen LogP contribution >= 0.6 is 0 Å². The highest BCUT2D eigenvalue weighted by Gasteiger charge is 2.19. The summed E-state index contributed by atoms with van der Waals surface area (Å²) in [6, 6.07) is 0. The zero-order chi connectivity index (χ0) is 11.4. The van der Waals surface area contributed by atoms with Crippen LogP contribution in [0.2, 0.25) is 0 Å². The minimum Gasteiger partial charge on any atom is -0.375 e. The van der Waals surface area contributed by atoms with E-state index in [1.807, 2.05) is 0 Å². The Morgan fingerprint density at radius 3 is 3.25 bits per heavy atom. The molecule has 0 aliphatic carbocycles. The number of carbonyl (C=O) groups is 1. The number of hydrogen-bond donors (Lipinski definition) is 2. The van der Waals surface area contributed by atoms with Crippen LogP contribution in [0.1, 0.15) is 16.5 Å². The number of hydrogen-bond acceptors (Lipinski definition) is 6. The van der Waals surface area contributed by atoms with Gasteiger partial charge in [-0.2, -0.15) is 4.98 Å². The van der Waals surface area contributed by atoms with Crippen molar-refractivity contribution in [3.05, 3.63) is 11.7 Å². The smallest absolute Gasteiger partial charge is 0.292 e. The fourth-order valence-corrected chi connectivity index (χ4v) is 1.49. The first-order valence-corrected chi connectivity index (χ1v) is 5.16. The van der Waals surface area contributed by atoms with Gasteiger partial charge in [0.05, 0.1) is 19.1 Å². The molecular formula is C9H14N4O3. The maximum atomic E-state index is 11.2. The van der Waals surface area contributed by atoms with Gasteiger partial charge in [-0.15, -0.1) is 0 Å². The third kappa shape index (κ3) is 2.56. The van der Waals surface area contributed by atoms with Crippen LogP contribution in [-0.4, -0.2) is 48.9 Å². The predicted octanol–water partition coefficient (Wildman–Crippen LogP) is -1.04. The second-order valence-corrected chi connectivity index (χ2v) is 3.49.